The van der Waals surface area contributed by atoms with Gasteiger partial charge in [0, 0.05) is 24.3 Å². The maximum atomic E-state index is 12.4. The van der Waals surface area contributed by atoms with E-state index in [1.165, 1.54) is 18.2 Å². The first kappa shape index (κ1) is 44.8. The third kappa shape index (κ3) is 9.70. The largest absolute Gasteiger partial charge is 0.507 e. The number of esters is 1. The number of aliphatic hydroxyl groups is 8. The van der Waals surface area contributed by atoms with Crippen LogP contribution in [0.2, 0.25) is 0 Å². The van der Waals surface area contributed by atoms with Gasteiger partial charge in [-0.25, -0.2) is 9.21 Å². The molecule has 12 N–H and O–H groups in total. The molecule has 7 rings (SSSR count). The van der Waals surface area contributed by atoms with Crippen molar-refractivity contribution in [3.63, 3.8) is 0 Å². The fraction of sp³-hybridized carbons (Fsp3) is 0.415. The van der Waals surface area contributed by atoms with Crippen LogP contribution < -0.4 is 4.74 Å². The minimum atomic E-state index is -2.01. The van der Waals surface area contributed by atoms with Crippen molar-refractivity contribution in [3.05, 3.63) is 78.4 Å². The highest BCUT2D eigenvalue weighted by Crippen LogP contribution is 2.43. The summed E-state index contributed by atoms with van der Waals surface area (Å²) in [6.07, 6.45) is -22.2. The molecule has 0 unspecified atom stereocenters. The van der Waals surface area contributed by atoms with E-state index >= 15 is 0 Å². The third-order valence-electron chi connectivity index (χ3n) is 10.4. The van der Waals surface area contributed by atoms with Gasteiger partial charge in [0.2, 0.25) is 12.0 Å². The molecule has 0 amide bonds. The fourth-order valence-corrected chi connectivity index (χ4v) is 6.92. The summed E-state index contributed by atoms with van der Waals surface area (Å²) in [7, 11) is 0. The molecule has 14 atom stereocenters. The average Bonchev–Trinajstić information content (AvgIpc) is 3.25. The lowest BCUT2D eigenvalue weighted by Gasteiger charge is -2.45. The minimum absolute atomic E-state index is 0.0296. The van der Waals surface area contributed by atoms with Gasteiger partial charge in [-0.15, -0.1) is 0 Å². The smallest absolute Gasteiger partial charge is 0.402 e. The van der Waals surface area contributed by atoms with Crippen LogP contribution in [0.3, 0.4) is 0 Å². The van der Waals surface area contributed by atoms with Crippen LogP contribution >= 0.6 is 0 Å². The van der Waals surface area contributed by atoms with E-state index in [4.69, 9.17) is 37.6 Å². The van der Waals surface area contributed by atoms with Crippen LogP contribution in [0.5, 0.6) is 28.7 Å². The number of hydrogen-bond donors (Lipinski definition) is 12. The summed E-state index contributed by atoms with van der Waals surface area (Å²) in [5.74, 6) is -3.26. The van der Waals surface area contributed by atoms with Gasteiger partial charge in [0.1, 0.15) is 84.5 Å². The van der Waals surface area contributed by atoms with Gasteiger partial charge in [0.05, 0.1) is 24.8 Å². The predicted molar refractivity (Wildman–Crippen MR) is 206 cm³/mol. The van der Waals surface area contributed by atoms with E-state index in [9.17, 15) is 66.1 Å². The molecule has 334 valence electrons. The van der Waals surface area contributed by atoms with Crippen molar-refractivity contribution in [2.45, 2.75) is 86.0 Å². The van der Waals surface area contributed by atoms with Crippen molar-refractivity contribution in [3.8, 4) is 40.1 Å². The zero-order valence-electron chi connectivity index (χ0n) is 32.3. The van der Waals surface area contributed by atoms with Gasteiger partial charge in [-0.3, -0.25) is 0 Å². The van der Waals surface area contributed by atoms with Crippen molar-refractivity contribution in [2.75, 3.05) is 19.8 Å². The van der Waals surface area contributed by atoms with Crippen LogP contribution in [-0.2, 0) is 33.2 Å². The summed E-state index contributed by atoms with van der Waals surface area (Å²) in [5.41, 5.74) is 0.684. The van der Waals surface area contributed by atoms with Crippen molar-refractivity contribution >= 4 is 23.0 Å². The SMILES string of the molecule is O=C(/C=C/c1ccccc1)OC[C@H]1O[C@@H](OC[C@H]2O[C@@H](Oc3cc4c(O)cc(O)cc4[o+]c3-c3ccc(O)c(O)c3)[C@H](O[C@@H]3OC[C@@H](O)[C@H](O)[C@H]3O)[C@@H](O)[C@H]2O)[C@H](O)[C@@H](O)[C@@H]1O. The lowest BCUT2D eigenvalue weighted by molar-refractivity contribution is -0.353. The van der Waals surface area contributed by atoms with E-state index in [1.54, 1.807) is 30.3 Å². The van der Waals surface area contributed by atoms with Crippen LogP contribution in [0.1, 0.15) is 5.56 Å². The molecule has 3 aliphatic rings. The van der Waals surface area contributed by atoms with Crippen LogP contribution in [0, 0.1) is 0 Å². The van der Waals surface area contributed by atoms with Crippen LogP contribution in [0.25, 0.3) is 28.4 Å². The van der Waals surface area contributed by atoms with E-state index in [-0.39, 0.29) is 33.8 Å². The normalized spacial score (nSPS) is 32.8. The third-order valence-corrected chi connectivity index (χ3v) is 10.4. The molecule has 21 heteroatoms. The van der Waals surface area contributed by atoms with Gasteiger partial charge in [-0.05, 0) is 23.8 Å². The fourth-order valence-electron chi connectivity index (χ4n) is 6.92. The number of carbonyl (C=O) groups is 1. The molecular formula is C41H45O21+. The maximum Gasteiger partial charge on any atom is 0.402 e. The number of aromatic hydroxyl groups is 4. The second kappa shape index (κ2) is 19.0. The van der Waals surface area contributed by atoms with Crippen LogP contribution in [0.15, 0.2) is 77.2 Å². The number of benzene rings is 3. The summed E-state index contributed by atoms with van der Waals surface area (Å²) in [6, 6.07) is 15.7. The molecule has 3 aliphatic heterocycles. The molecule has 21 nitrogen and oxygen atoms in total. The molecule has 62 heavy (non-hydrogen) atoms. The molecular weight excluding hydrogens is 828 g/mol. The molecule has 3 fully saturated rings. The number of rotatable bonds is 12. The Morgan fingerprint density at radius 3 is 2.13 bits per heavy atom. The minimum Gasteiger partial charge on any atom is -0.507 e. The molecule has 0 bridgehead atoms. The van der Waals surface area contributed by atoms with Crippen molar-refractivity contribution in [2.24, 2.45) is 0 Å². The Morgan fingerprint density at radius 1 is 0.694 bits per heavy atom. The van der Waals surface area contributed by atoms with E-state index in [1.807, 2.05) is 0 Å². The number of aliphatic hydroxyl groups excluding tert-OH is 8. The molecule has 0 saturated carbocycles. The predicted octanol–water partition coefficient (Wildman–Crippen LogP) is -1.07. The van der Waals surface area contributed by atoms with Crippen molar-refractivity contribution in [1.82, 2.24) is 0 Å². The van der Waals surface area contributed by atoms with E-state index in [0.29, 0.717) is 5.56 Å². The molecule has 3 aromatic carbocycles. The second-order valence-electron chi connectivity index (χ2n) is 14.7. The Bertz CT molecular complexity index is 2210. The Labute approximate surface area is 350 Å². The monoisotopic (exact) mass is 873 g/mol. The summed E-state index contributed by atoms with van der Waals surface area (Å²) in [4.78, 5) is 12.4. The summed E-state index contributed by atoms with van der Waals surface area (Å²) in [5, 5.41) is 127. The Morgan fingerprint density at radius 2 is 1.39 bits per heavy atom. The lowest BCUT2D eigenvalue weighted by atomic mass is 9.98. The van der Waals surface area contributed by atoms with E-state index in [2.05, 4.69) is 0 Å². The topological polar surface area (TPSA) is 336 Å². The van der Waals surface area contributed by atoms with Crippen LogP contribution in [0.4, 0.5) is 0 Å². The molecule has 0 spiro atoms. The first-order valence-corrected chi connectivity index (χ1v) is 19.2. The molecule has 0 aliphatic carbocycles. The lowest BCUT2D eigenvalue weighted by Crippen LogP contribution is -2.64. The number of fused-ring (bicyclic) bond motifs is 1. The first-order chi connectivity index (χ1) is 29.6. The first-order valence-electron chi connectivity index (χ1n) is 19.2. The average molecular weight is 874 g/mol. The molecule has 3 saturated heterocycles. The molecule has 0 radical (unpaired) electrons. The highest BCUT2D eigenvalue weighted by molar-refractivity contribution is 5.89. The number of hydrogen-bond acceptors (Lipinski definition) is 20. The van der Waals surface area contributed by atoms with E-state index in [0.717, 1.165) is 30.3 Å². The van der Waals surface area contributed by atoms with Gasteiger partial charge in [0.25, 0.3) is 0 Å². The zero-order valence-corrected chi connectivity index (χ0v) is 32.3. The quantitative estimate of drug-likeness (QED) is 0.0349. The second-order valence-corrected chi connectivity index (χ2v) is 14.7. The highest BCUT2D eigenvalue weighted by Gasteiger charge is 2.52. The van der Waals surface area contributed by atoms with Gasteiger partial charge >= 0.3 is 17.3 Å². The van der Waals surface area contributed by atoms with E-state index < -0.39 is 129 Å². The summed E-state index contributed by atoms with van der Waals surface area (Å²) >= 11 is 0. The molecule has 4 heterocycles. The molecule has 4 aromatic rings. The van der Waals surface area contributed by atoms with Gasteiger partial charge in [-0.2, -0.15) is 0 Å². The zero-order chi connectivity index (χ0) is 44.4. The van der Waals surface area contributed by atoms with Crippen LogP contribution in [-0.4, -0.2) is 173 Å². The Hall–Kier alpha value is -5.24. The molecule has 1 aromatic heterocycles. The summed E-state index contributed by atoms with van der Waals surface area (Å²) in [6.45, 7) is -1.85. The maximum absolute atomic E-state index is 12.4. The Balaban J connectivity index is 1.14. The Kier molecular flexibility index (Phi) is 13.7. The number of phenolic OH excluding ortho intramolecular Hbond substituents is 4. The van der Waals surface area contributed by atoms with Gasteiger partial charge < -0.3 is 94.4 Å². The van der Waals surface area contributed by atoms with Crippen molar-refractivity contribution in [1.29, 1.82) is 0 Å². The summed E-state index contributed by atoms with van der Waals surface area (Å²) < 4.78 is 46.0. The number of carbonyl (C=O) groups excluding carboxylic acids is 1. The highest BCUT2D eigenvalue weighted by atomic mass is 16.8. The van der Waals surface area contributed by atoms with Gasteiger partial charge in [-0.1, -0.05) is 30.3 Å². The van der Waals surface area contributed by atoms with Gasteiger partial charge in [0.15, 0.2) is 30.2 Å². The number of ether oxygens (including phenoxy) is 7. The number of phenols is 4. The van der Waals surface area contributed by atoms with Crippen molar-refractivity contribution < 1.29 is 104 Å². The standard InChI is InChI=1S/C41H44O21/c42-19-11-22(44)20-13-26(37(58-25(20)12-19)18-7-8-21(43)23(45)10-18)59-41-38(62-40-35(53)30(48)24(46)14-56-40)34(52)32(50)28(61-41)16-57-39-36(54)33(51)31(49)27(60-39)15-55-29(47)9-6-17-4-2-1-3-5-17/h1-13,24,27-28,30-36,38-41,46,48-54H,14-16H2,(H3-,42,43,44,45)/p+1/b9-6+/t24-,27-,28-,30+,31-,32+,33+,34+,35-,36-,38-,39-,40+,41-/m1/s1.